The molecule has 0 aromatic heterocycles. The van der Waals surface area contributed by atoms with E-state index in [0.717, 1.165) is 77.0 Å². The van der Waals surface area contributed by atoms with Gasteiger partial charge in [0, 0.05) is 19.3 Å². The summed E-state index contributed by atoms with van der Waals surface area (Å²) in [5.74, 6) is -0.887. The molecule has 0 spiro atoms. The Bertz CT molecular complexity index is 1000. The summed E-state index contributed by atoms with van der Waals surface area (Å²) < 4.78 is 16.8. The Morgan fingerprint density at radius 1 is 0.339 bits per heavy atom. The normalized spacial score (nSPS) is 12.3. The quantitative estimate of drug-likeness (QED) is 0.0263. The summed E-state index contributed by atoms with van der Waals surface area (Å²) in [4.78, 5) is 37.9. The number of esters is 3. The van der Waals surface area contributed by atoms with Crippen LogP contribution in [0.3, 0.4) is 0 Å². The van der Waals surface area contributed by atoms with Crippen LogP contribution in [-0.4, -0.2) is 37.2 Å². The first-order chi connectivity index (χ1) is 29.0. The van der Waals surface area contributed by atoms with E-state index >= 15 is 0 Å². The van der Waals surface area contributed by atoms with Gasteiger partial charge in [-0.15, -0.1) is 0 Å². The first-order valence-corrected chi connectivity index (χ1v) is 25.5. The molecule has 1 unspecified atom stereocenters. The van der Waals surface area contributed by atoms with Crippen LogP contribution in [0.1, 0.15) is 265 Å². The van der Waals surface area contributed by atoms with Gasteiger partial charge in [-0.25, -0.2) is 0 Å². The minimum absolute atomic E-state index is 0.0751. The zero-order chi connectivity index (χ0) is 43.0. The molecule has 0 aromatic carbocycles. The van der Waals surface area contributed by atoms with Crippen LogP contribution in [0.15, 0.2) is 36.5 Å². The molecule has 0 saturated heterocycles. The van der Waals surface area contributed by atoms with E-state index in [-0.39, 0.29) is 31.1 Å². The first kappa shape index (κ1) is 56.6. The molecule has 0 aliphatic rings. The number of allylic oxidation sites excluding steroid dienone is 6. The molecule has 6 heteroatoms. The van der Waals surface area contributed by atoms with Crippen molar-refractivity contribution in [2.24, 2.45) is 0 Å². The molecule has 0 aliphatic heterocycles. The van der Waals surface area contributed by atoms with Crippen LogP contribution in [0.5, 0.6) is 0 Å². The zero-order valence-corrected chi connectivity index (χ0v) is 39.3. The van der Waals surface area contributed by atoms with E-state index in [1.165, 1.54) is 148 Å². The van der Waals surface area contributed by atoms with Crippen molar-refractivity contribution in [3.05, 3.63) is 36.5 Å². The number of rotatable bonds is 46. The van der Waals surface area contributed by atoms with Gasteiger partial charge in [-0.1, -0.05) is 237 Å². The van der Waals surface area contributed by atoms with Gasteiger partial charge in [0.15, 0.2) is 6.10 Å². The first-order valence-electron chi connectivity index (χ1n) is 25.5. The van der Waals surface area contributed by atoms with Gasteiger partial charge in [0.05, 0.1) is 0 Å². The molecule has 1 atom stereocenters. The average molecular weight is 829 g/mol. The zero-order valence-electron chi connectivity index (χ0n) is 39.3. The number of hydrogen-bond donors (Lipinski definition) is 0. The molecular weight excluding hydrogens is 733 g/mol. The standard InChI is InChI=1S/C53H96O6/c1-4-7-10-13-16-19-22-24-25-26-27-28-30-31-34-37-40-43-46-52(55)58-49-50(48-57-51(54)45-42-39-36-33-21-18-15-12-9-6-3)59-53(56)47-44-41-38-35-32-29-23-20-17-14-11-8-5-2/h22,24-28,50H,4-21,23,29-49H2,1-3H3/b24-22-,26-25-,28-27-. The highest BCUT2D eigenvalue weighted by Gasteiger charge is 2.19. The highest BCUT2D eigenvalue weighted by atomic mass is 16.6. The van der Waals surface area contributed by atoms with Gasteiger partial charge in [-0.2, -0.15) is 0 Å². The molecule has 0 saturated carbocycles. The van der Waals surface area contributed by atoms with Gasteiger partial charge in [0.25, 0.3) is 0 Å². The topological polar surface area (TPSA) is 78.9 Å². The van der Waals surface area contributed by atoms with E-state index in [9.17, 15) is 14.4 Å². The molecule has 0 fully saturated rings. The number of ether oxygens (including phenoxy) is 3. The van der Waals surface area contributed by atoms with Crippen molar-refractivity contribution in [1.29, 1.82) is 0 Å². The summed E-state index contributed by atoms with van der Waals surface area (Å²) >= 11 is 0. The van der Waals surface area contributed by atoms with Crippen LogP contribution in [-0.2, 0) is 28.6 Å². The van der Waals surface area contributed by atoms with E-state index in [0.29, 0.717) is 19.3 Å². The number of hydrogen-bond acceptors (Lipinski definition) is 6. The van der Waals surface area contributed by atoms with Crippen LogP contribution in [0.25, 0.3) is 0 Å². The van der Waals surface area contributed by atoms with Crippen LogP contribution < -0.4 is 0 Å². The maximum absolute atomic E-state index is 12.8. The molecule has 0 aromatic rings. The average Bonchev–Trinajstić information content (AvgIpc) is 3.23. The van der Waals surface area contributed by atoms with E-state index in [2.05, 4.69) is 57.2 Å². The summed E-state index contributed by atoms with van der Waals surface area (Å²) in [5, 5.41) is 0. The van der Waals surface area contributed by atoms with Crippen LogP contribution in [0.2, 0.25) is 0 Å². The number of carbonyl (C=O) groups is 3. The molecule has 0 rings (SSSR count). The third kappa shape index (κ3) is 46.5. The fraction of sp³-hybridized carbons (Fsp3) is 0.830. The second-order valence-electron chi connectivity index (χ2n) is 17.2. The van der Waals surface area contributed by atoms with Crippen molar-refractivity contribution in [2.75, 3.05) is 13.2 Å². The molecule has 344 valence electrons. The second-order valence-corrected chi connectivity index (χ2v) is 17.2. The maximum atomic E-state index is 12.8. The monoisotopic (exact) mass is 829 g/mol. The summed E-state index contributed by atoms with van der Waals surface area (Å²) in [6.07, 6.45) is 55.5. The van der Waals surface area contributed by atoms with Crippen molar-refractivity contribution in [2.45, 2.75) is 271 Å². The molecule has 0 bridgehead atoms. The minimum Gasteiger partial charge on any atom is -0.462 e. The molecule has 0 amide bonds. The Labute approximate surface area is 365 Å². The molecule has 6 nitrogen and oxygen atoms in total. The summed E-state index contributed by atoms with van der Waals surface area (Å²) in [7, 11) is 0. The predicted octanol–water partition coefficient (Wildman–Crippen LogP) is 16.5. The van der Waals surface area contributed by atoms with Crippen LogP contribution >= 0.6 is 0 Å². The lowest BCUT2D eigenvalue weighted by Gasteiger charge is -2.18. The Morgan fingerprint density at radius 3 is 0.932 bits per heavy atom. The van der Waals surface area contributed by atoms with Gasteiger partial charge < -0.3 is 14.2 Å². The Balaban J connectivity index is 4.35. The van der Waals surface area contributed by atoms with E-state index in [1.54, 1.807) is 0 Å². The molecule has 0 heterocycles. The van der Waals surface area contributed by atoms with Crippen molar-refractivity contribution in [1.82, 2.24) is 0 Å². The Hall–Kier alpha value is -2.37. The predicted molar refractivity (Wildman–Crippen MR) is 252 cm³/mol. The summed E-state index contributed by atoms with van der Waals surface area (Å²) in [5.41, 5.74) is 0. The van der Waals surface area contributed by atoms with Crippen molar-refractivity contribution in [3.63, 3.8) is 0 Å². The smallest absolute Gasteiger partial charge is 0.306 e. The Morgan fingerprint density at radius 2 is 0.610 bits per heavy atom. The largest absolute Gasteiger partial charge is 0.462 e. The fourth-order valence-corrected chi connectivity index (χ4v) is 7.33. The van der Waals surface area contributed by atoms with Crippen molar-refractivity contribution in [3.8, 4) is 0 Å². The minimum atomic E-state index is -0.774. The lowest BCUT2D eigenvalue weighted by molar-refractivity contribution is -0.167. The van der Waals surface area contributed by atoms with Gasteiger partial charge in [-0.3, -0.25) is 14.4 Å². The maximum Gasteiger partial charge on any atom is 0.306 e. The third-order valence-corrected chi connectivity index (χ3v) is 11.2. The summed E-state index contributed by atoms with van der Waals surface area (Å²) in [6.45, 7) is 6.61. The fourth-order valence-electron chi connectivity index (χ4n) is 7.33. The van der Waals surface area contributed by atoms with Crippen LogP contribution in [0, 0.1) is 0 Å². The highest BCUT2D eigenvalue weighted by molar-refractivity contribution is 5.71. The highest BCUT2D eigenvalue weighted by Crippen LogP contribution is 2.15. The SMILES string of the molecule is CCCCCCC\C=C/C=C\C=C/CCCCCCCC(=O)OCC(COC(=O)CCCCCCCCCCCC)OC(=O)CCCCCCCCCCCCCCC. The summed E-state index contributed by atoms with van der Waals surface area (Å²) in [6, 6.07) is 0. The van der Waals surface area contributed by atoms with Crippen molar-refractivity contribution >= 4 is 17.9 Å². The number of carbonyl (C=O) groups excluding carboxylic acids is 3. The van der Waals surface area contributed by atoms with E-state index in [1.807, 2.05) is 0 Å². The van der Waals surface area contributed by atoms with Crippen LogP contribution in [0.4, 0.5) is 0 Å². The van der Waals surface area contributed by atoms with Gasteiger partial charge in [-0.05, 0) is 44.9 Å². The lowest BCUT2D eigenvalue weighted by Crippen LogP contribution is -2.30. The van der Waals surface area contributed by atoms with E-state index in [4.69, 9.17) is 14.2 Å². The molecule has 0 radical (unpaired) electrons. The van der Waals surface area contributed by atoms with E-state index < -0.39 is 6.10 Å². The molecule has 59 heavy (non-hydrogen) atoms. The van der Waals surface area contributed by atoms with Gasteiger partial charge in [0.2, 0.25) is 0 Å². The molecular formula is C53H96O6. The lowest BCUT2D eigenvalue weighted by atomic mass is 10.0. The van der Waals surface area contributed by atoms with Gasteiger partial charge in [0.1, 0.15) is 13.2 Å². The van der Waals surface area contributed by atoms with Gasteiger partial charge >= 0.3 is 17.9 Å². The third-order valence-electron chi connectivity index (χ3n) is 11.2. The Kier molecular flexibility index (Phi) is 46.4. The van der Waals surface area contributed by atoms with Crippen molar-refractivity contribution < 1.29 is 28.6 Å². The molecule has 0 aliphatic carbocycles. The number of unbranched alkanes of at least 4 members (excludes halogenated alkanes) is 31. The molecule has 0 N–H and O–H groups in total. The second kappa shape index (κ2) is 48.3.